The van der Waals surface area contributed by atoms with Gasteiger partial charge in [0.15, 0.2) is 0 Å². The molecule has 2 atom stereocenters. The molecule has 1 aliphatic heterocycles. The van der Waals surface area contributed by atoms with Crippen molar-refractivity contribution < 1.29 is 14.7 Å². The maximum atomic E-state index is 11.8. The van der Waals surface area contributed by atoms with Crippen molar-refractivity contribution >= 4 is 11.9 Å². The first-order valence-corrected chi connectivity index (χ1v) is 5.54. The second kappa shape index (κ2) is 5.81. The number of imide groups is 1. The average molecular weight is 229 g/mol. The van der Waals surface area contributed by atoms with Crippen LogP contribution in [0, 0.1) is 0 Å². The molecule has 0 bridgehead atoms. The van der Waals surface area contributed by atoms with Crippen LogP contribution in [0.15, 0.2) is 0 Å². The summed E-state index contributed by atoms with van der Waals surface area (Å²) in [6.07, 6.45) is 0.757. The van der Waals surface area contributed by atoms with E-state index in [1.54, 1.807) is 7.05 Å². The lowest BCUT2D eigenvalue weighted by Crippen LogP contribution is -2.41. The second-order valence-electron chi connectivity index (χ2n) is 3.95. The van der Waals surface area contributed by atoms with Crippen molar-refractivity contribution in [1.82, 2.24) is 15.5 Å². The molecule has 6 heteroatoms. The first kappa shape index (κ1) is 12.9. The fourth-order valence-electron chi connectivity index (χ4n) is 1.75. The molecule has 0 aromatic carbocycles. The van der Waals surface area contributed by atoms with Crippen molar-refractivity contribution in [2.45, 2.75) is 31.9 Å². The van der Waals surface area contributed by atoms with Gasteiger partial charge in [-0.25, -0.2) is 4.79 Å². The van der Waals surface area contributed by atoms with Crippen molar-refractivity contribution in [3.05, 3.63) is 0 Å². The Balaban J connectivity index is 2.53. The molecule has 0 saturated carbocycles. The zero-order valence-corrected chi connectivity index (χ0v) is 9.69. The zero-order valence-electron chi connectivity index (χ0n) is 9.69. The van der Waals surface area contributed by atoms with E-state index in [4.69, 9.17) is 0 Å². The highest BCUT2D eigenvalue weighted by Gasteiger charge is 2.37. The highest BCUT2D eigenvalue weighted by molar-refractivity contribution is 6.04. The predicted octanol–water partition coefficient (Wildman–Crippen LogP) is -0.713. The molecule has 0 aliphatic carbocycles. The predicted molar refractivity (Wildman–Crippen MR) is 58.9 cm³/mol. The number of carbonyl (C=O) groups is 2. The molecule has 0 radical (unpaired) electrons. The zero-order chi connectivity index (χ0) is 12.1. The highest BCUT2D eigenvalue weighted by atomic mass is 16.3. The minimum absolute atomic E-state index is 0.0473. The van der Waals surface area contributed by atoms with Crippen LogP contribution in [-0.4, -0.2) is 54.2 Å². The summed E-state index contributed by atoms with van der Waals surface area (Å²) in [5.41, 5.74) is 0. The largest absolute Gasteiger partial charge is 0.390 e. The molecule has 1 heterocycles. The van der Waals surface area contributed by atoms with Crippen LogP contribution in [0.3, 0.4) is 0 Å². The van der Waals surface area contributed by atoms with Crippen LogP contribution in [0.1, 0.15) is 19.8 Å². The Bertz CT molecular complexity index is 270. The lowest BCUT2D eigenvalue weighted by molar-refractivity contribution is -0.128. The van der Waals surface area contributed by atoms with E-state index in [-0.39, 0.29) is 12.5 Å². The summed E-state index contributed by atoms with van der Waals surface area (Å²) in [6, 6.07) is -0.821. The van der Waals surface area contributed by atoms with Gasteiger partial charge in [-0.15, -0.1) is 0 Å². The van der Waals surface area contributed by atoms with Crippen LogP contribution < -0.4 is 10.6 Å². The van der Waals surface area contributed by atoms with Gasteiger partial charge in [0, 0.05) is 6.54 Å². The first-order valence-electron chi connectivity index (χ1n) is 5.54. The Morgan fingerprint density at radius 3 is 2.81 bits per heavy atom. The maximum Gasteiger partial charge on any atom is 0.324 e. The summed E-state index contributed by atoms with van der Waals surface area (Å²) in [4.78, 5) is 24.3. The number of amides is 3. The van der Waals surface area contributed by atoms with Crippen molar-refractivity contribution in [3.8, 4) is 0 Å². The molecule has 16 heavy (non-hydrogen) atoms. The van der Waals surface area contributed by atoms with Crippen molar-refractivity contribution in [1.29, 1.82) is 0 Å². The minimum atomic E-state index is -0.722. The third-order valence-corrected chi connectivity index (χ3v) is 2.52. The van der Waals surface area contributed by atoms with Crippen LogP contribution in [-0.2, 0) is 4.79 Å². The van der Waals surface area contributed by atoms with Gasteiger partial charge in [-0.3, -0.25) is 9.69 Å². The smallest absolute Gasteiger partial charge is 0.324 e. The molecule has 1 fully saturated rings. The van der Waals surface area contributed by atoms with Gasteiger partial charge in [0.2, 0.25) is 0 Å². The van der Waals surface area contributed by atoms with Gasteiger partial charge >= 0.3 is 6.03 Å². The SMILES string of the molecule is CCCC1NC(=O)N(CC(O)CNC)C1=O. The molecule has 0 aromatic heterocycles. The fourth-order valence-corrected chi connectivity index (χ4v) is 1.75. The van der Waals surface area contributed by atoms with Gasteiger partial charge in [-0.05, 0) is 13.5 Å². The molecule has 1 aliphatic rings. The quantitative estimate of drug-likeness (QED) is 0.525. The summed E-state index contributed by atoms with van der Waals surface area (Å²) < 4.78 is 0. The third-order valence-electron chi connectivity index (χ3n) is 2.52. The van der Waals surface area contributed by atoms with Crippen molar-refractivity contribution in [2.24, 2.45) is 0 Å². The summed E-state index contributed by atoms with van der Waals surface area (Å²) in [6.45, 7) is 2.36. The number of aliphatic hydroxyl groups is 1. The van der Waals surface area contributed by atoms with Gasteiger partial charge in [0.25, 0.3) is 5.91 Å². The van der Waals surface area contributed by atoms with E-state index in [1.807, 2.05) is 6.92 Å². The third kappa shape index (κ3) is 2.93. The molecular weight excluding hydrogens is 210 g/mol. The standard InChI is InChI=1S/C10H19N3O3/c1-3-4-8-9(15)13(10(16)12-8)6-7(14)5-11-2/h7-8,11,14H,3-6H2,1-2H3,(H,12,16). The first-order chi connectivity index (χ1) is 7.60. The average Bonchev–Trinajstić information content (AvgIpc) is 2.47. The van der Waals surface area contributed by atoms with Crippen molar-refractivity contribution in [3.63, 3.8) is 0 Å². The molecular formula is C10H19N3O3. The van der Waals surface area contributed by atoms with Crippen LogP contribution >= 0.6 is 0 Å². The lowest BCUT2D eigenvalue weighted by Gasteiger charge is -2.17. The van der Waals surface area contributed by atoms with Crippen LogP contribution in [0.25, 0.3) is 0 Å². The van der Waals surface area contributed by atoms with E-state index in [0.29, 0.717) is 13.0 Å². The molecule has 2 unspecified atom stereocenters. The Kier molecular flexibility index (Phi) is 4.70. The van der Waals surface area contributed by atoms with Gasteiger partial charge in [0.1, 0.15) is 6.04 Å². The van der Waals surface area contributed by atoms with Crippen LogP contribution in [0.4, 0.5) is 4.79 Å². The number of likely N-dealkylation sites (N-methyl/N-ethyl adjacent to an activating group) is 1. The Labute approximate surface area is 95.0 Å². The molecule has 6 nitrogen and oxygen atoms in total. The Morgan fingerprint density at radius 2 is 2.25 bits per heavy atom. The molecule has 3 amide bonds. The summed E-state index contributed by atoms with van der Waals surface area (Å²) in [7, 11) is 1.70. The number of aliphatic hydroxyl groups excluding tert-OH is 1. The number of nitrogens with zero attached hydrogens (tertiary/aromatic N) is 1. The molecule has 1 rings (SSSR count). The Morgan fingerprint density at radius 1 is 1.56 bits per heavy atom. The van der Waals surface area contributed by atoms with E-state index in [1.165, 1.54) is 0 Å². The molecule has 3 N–H and O–H groups in total. The number of nitrogens with one attached hydrogen (secondary N) is 2. The highest BCUT2D eigenvalue weighted by Crippen LogP contribution is 2.11. The number of urea groups is 1. The van der Waals surface area contributed by atoms with E-state index in [2.05, 4.69) is 10.6 Å². The molecule has 0 aromatic rings. The van der Waals surface area contributed by atoms with Gasteiger partial charge in [-0.2, -0.15) is 0 Å². The van der Waals surface area contributed by atoms with Crippen molar-refractivity contribution in [2.75, 3.05) is 20.1 Å². The van der Waals surface area contributed by atoms with Crippen LogP contribution in [0.2, 0.25) is 0 Å². The normalized spacial score (nSPS) is 22.4. The fraction of sp³-hybridized carbons (Fsp3) is 0.800. The monoisotopic (exact) mass is 229 g/mol. The van der Waals surface area contributed by atoms with E-state index < -0.39 is 18.2 Å². The Hall–Kier alpha value is -1.14. The lowest BCUT2D eigenvalue weighted by atomic mass is 10.1. The van der Waals surface area contributed by atoms with Gasteiger partial charge in [-0.1, -0.05) is 13.3 Å². The van der Waals surface area contributed by atoms with Gasteiger partial charge < -0.3 is 15.7 Å². The van der Waals surface area contributed by atoms with E-state index >= 15 is 0 Å². The molecule has 0 spiro atoms. The van der Waals surface area contributed by atoms with Gasteiger partial charge in [0.05, 0.1) is 12.6 Å². The summed E-state index contributed by atoms with van der Waals surface area (Å²) >= 11 is 0. The summed E-state index contributed by atoms with van der Waals surface area (Å²) in [5, 5.41) is 14.9. The number of β-amino-alcohol motifs (C(OH)–C–C–N with tert-alkyl or cyclic N) is 1. The van der Waals surface area contributed by atoms with E-state index in [0.717, 1.165) is 11.3 Å². The number of carbonyl (C=O) groups excluding carboxylic acids is 2. The maximum absolute atomic E-state index is 11.8. The number of hydrogen-bond acceptors (Lipinski definition) is 4. The number of rotatable bonds is 6. The summed E-state index contributed by atoms with van der Waals surface area (Å²) in [5.74, 6) is -0.234. The topological polar surface area (TPSA) is 81.7 Å². The number of hydrogen-bond donors (Lipinski definition) is 3. The van der Waals surface area contributed by atoms with Crippen LogP contribution in [0.5, 0.6) is 0 Å². The molecule has 1 saturated heterocycles. The van der Waals surface area contributed by atoms with E-state index in [9.17, 15) is 14.7 Å². The second-order valence-corrected chi connectivity index (χ2v) is 3.95. The minimum Gasteiger partial charge on any atom is -0.390 e. The molecule has 92 valence electrons.